The fourth-order valence-electron chi connectivity index (χ4n) is 5.85. The van der Waals surface area contributed by atoms with Gasteiger partial charge in [-0.2, -0.15) is 20.5 Å². The van der Waals surface area contributed by atoms with Gasteiger partial charge in [0.15, 0.2) is 11.6 Å². The Kier molecular flexibility index (Phi) is 17.9. The van der Waals surface area contributed by atoms with Gasteiger partial charge in [0.05, 0.1) is 48.3 Å². The highest BCUT2D eigenvalue weighted by Gasteiger charge is 2.27. The number of hydrogen-bond donors (Lipinski definition) is 4. The number of Topliss-reactive ketones (excluding diaryl/α,β-unsaturated/α-hetero) is 2. The average Bonchev–Trinajstić information content (AvgIpc) is 3.24. The molecule has 5 aromatic rings. The molecular weight excluding hydrogens is 949 g/mol. The molecule has 5 aromatic carbocycles. The molecule has 5 rings (SSSR count). The number of benzene rings is 5. The van der Waals surface area contributed by atoms with Crippen LogP contribution < -0.4 is 21.3 Å². The third-order valence-electron chi connectivity index (χ3n) is 9.05. The van der Waals surface area contributed by atoms with Gasteiger partial charge in [0.1, 0.15) is 0 Å². The first-order valence-electron chi connectivity index (χ1n) is 19.0. The van der Waals surface area contributed by atoms with E-state index in [1.54, 1.807) is 24.3 Å². The van der Waals surface area contributed by atoms with Crippen molar-refractivity contribution in [3.8, 4) is 0 Å². The van der Waals surface area contributed by atoms with Gasteiger partial charge in [0.25, 0.3) is 23.6 Å². The number of hydrogen-bond acceptors (Lipinski definition) is 10. The Bertz CT molecular complexity index is 2660. The largest absolute Gasteiger partial charge is 0.324 e. The van der Waals surface area contributed by atoms with E-state index in [0.717, 1.165) is 25.0 Å². The Morgan fingerprint density at radius 3 is 1.33 bits per heavy atom. The Morgan fingerprint density at radius 1 is 0.516 bits per heavy atom. The van der Waals surface area contributed by atoms with E-state index >= 15 is 0 Å². The Morgan fingerprint density at radius 2 is 0.922 bits per heavy atom. The van der Waals surface area contributed by atoms with Crippen molar-refractivity contribution in [3.63, 3.8) is 0 Å². The van der Waals surface area contributed by atoms with E-state index in [4.69, 9.17) is 69.6 Å². The Labute approximate surface area is 397 Å². The zero-order chi connectivity index (χ0) is 46.5. The molecule has 20 heteroatoms. The average molecular weight is 986 g/mol. The van der Waals surface area contributed by atoms with Crippen molar-refractivity contribution >= 4 is 139 Å². The molecule has 0 aliphatic heterocycles. The number of anilines is 4. The van der Waals surface area contributed by atoms with Crippen LogP contribution in [-0.4, -0.2) is 59.0 Å². The molecule has 14 nitrogen and oxygen atoms in total. The highest BCUT2D eigenvalue weighted by molar-refractivity contribution is 6.40. The molecule has 0 radical (unpaired) electrons. The zero-order valence-corrected chi connectivity index (χ0v) is 38.3. The molecule has 4 amide bonds. The number of carbonyl (C=O) groups excluding carboxylic acids is 6. The minimum Gasteiger partial charge on any atom is -0.324 e. The minimum absolute atomic E-state index is 0.0206. The van der Waals surface area contributed by atoms with Crippen molar-refractivity contribution in [2.45, 2.75) is 38.8 Å². The Hall–Kier alpha value is -5.74. The van der Waals surface area contributed by atoms with Crippen LogP contribution in [0.3, 0.4) is 0 Å². The number of ketones is 2. The molecule has 64 heavy (non-hydrogen) atoms. The SMILES string of the molecule is CC(=O)C(N=Nc1ccc(Cl)c(C(=O)Nc2ccccc2CCCl)c1)C(=O)Nc1cc(Cl)c(NC(=O)C(N=Nc2ccc(Cl)c(C(=O)Nc3ccccc3CCCl)c2)C(C)=O)c(Cl)c1. The van der Waals surface area contributed by atoms with Crippen LogP contribution >= 0.6 is 69.6 Å². The van der Waals surface area contributed by atoms with E-state index in [1.807, 2.05) is 24.3 Å². The van der Waals surface area contributed by atoms with Crippen molar-refractivity contribution in [1.29, 1.82) is 0 Å². The summed E-state index contributed by atoms with van der Waals surface area (Å²) in [6.07, 6.45) is 1.04. The molecule has 0 aliphatic rings. The fourth-order valence-corrected chi connectivity index (χ4v) is 7.25. The first kappa shape index (κ1) is 49.3. The minimum atomic E-state index is -1.67. The van der Waals surface area contributed by atoms with Crippen LogP contribution in [0.4, 0.5) is 34.1 Å². The van der Waals surface area contributed by atoms with E-state index in [2.05, 4.69) is 41.7 Å². The fraction of sp³-hybridized carbons (Fsp3) is 0.182. The van der Waals surface area contributed by atoms with Gasteiger partial charge >= 0.3 is 0 Å². The third kappa shape index (κ3) is 13.2. The predicted molar refractivity (Wildman–Crippen MR) is 252 cm³/mol. The number of para-hydroxylation sites is 2. The summed E-state index contributed by atoms with van der Waals surface area (Å²) in [7, 11) is 0. The number of halogens is 6. The maximum atomic E-state index is 13.3. The van der Waals surface area contributed by atoms with Gasteiger partial charge in [0.2, 0.25) is 12.1 Å². The molecule has 330 valence electrons. The van der Waals surface area contributed by atoms with Gasteiger partial charge in [0, 0.05) is 28.8 Å². The molecule has 0 aromatic heterocycles. The molecule has 0 bridgehead atoms. The number of alkyl halides is 2. The van der Waals surface area contributed by atoms with Gasteiger partial charge in [-0.15, -0.1) is 23.2 Å². The van der Waals surface area contributed by atoms with Crippen LogP contribution in [0.25, 0.3) is 0 Å². The monoisotopic (exact) mass is 982 g/mol. The normalized spacial score (nSPS) is 12.1. The quantitative estimate of drug-likeness (QED) is 0.0382. The molecule has 0 heterocycles. The van der Waals surface area contributed by atoms with Crippen molar-refractivity contribution in [2.24, 2.45) is 20.5 Å². The second-order valence-electron chi connectivity index (χ2n) is 13.7. The van der Waals surface area contributed by atoms with Crippen LogP contribution in [0.1, 0.15) is 45.7 Å². The van der Waals surface area contributed by atoms with E-state index in [9.17, 15) is 28.8 Å². The molecule has 2 unspecified atom stereocenters. The molecule has 0 fully saturated rings. The van der Waals surface area contributed by atoms with Crippen LogP contribution in [0.2, 0.25) is 20.1 Å². The van der Waals surface area contributed by atoms with Crippen LogP contribution in [0.5, 0.6) is 0 Å². The lowest BCUT2D eigenvalue weighted by Crippen LogP contribution is -2.32. The van der Waals surface area contributed by atoms with Crippen molar-refractivity contribution in [1.82, 2.24) is 0 Å². The Balaban J connectivity index is 1.26. The summed E-state index contributed by atoms with van der Waals surface area (Å²) < 4.78 is 0. The molecule has 0 spiro atoms. The van der Waals surface area contributed by atoms with E-state index < -0.39 is 47.3 Å². The highest BCUT2D eigenvalue weighted by atomic mass is 35.5. The number of nitrogens with zero attached hydrogens (tertiary/aromatic N) is 4. The number of aryl methyl sites for hydroxylation is 2. The summed E-state index contributed by atoms with van der Waals surface area (Å²) in [6.45, 7) is 2.26. The second kappa shape index (κ2) is 23.3. The van der Waals surface area contributed by atoms with E-state index in [0.29, 0.717) is 36.0 Å². The van der Waals surface area contributed by atoms with Crippen molar-refractivity contribution in [3.05, 3.63) is 139 Å². The van der Waals surface area contributed by atoms with Crippen LogP contribution in [0.15, 0.2) is 118 Å². The van der Waals surface area contributed by atoms with Crippen LogP contribution in [-0.2, 0) is 32.0 Å². The summed E-state index contributed by atoms with van der Waals surface area (Å²) in [5, 5.41) is 26.4. The molecular formula is C44H36Cl6N8O6. The number of carbonyl (C=O) groups is 6. The highest BCUT2D eigenvalue weighted by Crippen LogP contribution is 2.35. The third-order valence-corrected chi connectivity index (χ3v) is 10.7. The van der Waals surface area contributed by atoms with Crippen molar-refractivity contribution < 1.29 is 28.8 Å². The van der Waals surface area contributed by atoms with E-state index in [-0.39, 0.29) is 54.0 Å². The number of nitrogens with one attached hydrogen (secondary N) is 4. The van der Waals surface area contributed by atoms with Gasteiger partial charge in [-0.05, 0) is 98.5 Å². The number of rotatable bonds is 18. The molecule has 0 aliphatic carbocycles. The summed E-state index contributed by atoms with van der Waals surface area (Å²) in [4.78, 5) is 78.2. The van der Waals surface area contributed by atoms with Gasteiger partial charge in [-0.1, -0.05) is 82.8 Å². The van der Waals surface area contributed by atoms with Gasteiger partial charge < -0.3 is 21.3 Å². The topological polar surface area (TPSA) is 200 Å². The summed E-state index contributed by atoms with van der Waals surface area (Å²) in [6, 6.07) is 21.9. The first-order valence-corrected chi connectivity index (χ1v) is 21.6. The maximum absolute atomic E-state index is 13.3. The molecule has 0 saturated carbocycles. The predicted octanol–water partition coefficient (Wildman–Crippen LogP) is 11.7. The first-order chi connectivity index (χ1) is 30.6. The summed E-state index contributed by atoms with van der Waals surface area (Å²) in [5.74, 6) is -3.58. The van der Waals surface area contributed by atoms with Crippen molar-refractivity contribution in [2.75, 3.05) is 33.0 Å². The molecule has 0 saturated heterocycles. The standard InChI is InChI=1S/C44H36Cl6N8O6/c1-23(59)38(57-55-27-11-13-32(47)30(19-27)41(61)52-36-9-5-3-7-25(36)15-17-45)43(63)51-29-21-34(49)40(35(50)22-29)54-44(64)39(24(2)60)58-56-28-12-14-33(48)31(20-28)42(62)53-37-10-6-4-8-26(37)16-18-46/h3-14,19-22,38-39H,15-18H2,1-2H3,(H,51,63)(H,52,61)(H,53,62)(H,54,64). The number of amides is 4. The smallest absolute Gasteiger partial charge is 0.258 e. The number of azo groups is 2. The maximum Gasteiger partial charge on any atom is 0.258 e. The molecule has 4 N–H and O–H groups in total. The zero-order valence-electron chi connectivity index (χ0n) is 33.7. The summed E-state index contributed by atoms with van der Waals surface area (Å²) in [5.41, 5.74) is 3.01. The lowest BCUT2D eigenvalue weighted by Gasteiger charge is -2.15. The lowest BCUT2D eigenvalue weighted by atomic mass is 10.1. The van der Waals surface area contributed by atoms with Crippen LogP contribution in [0, 0.1) is 0 Å². The van der Waals surface area contributed by atoms with E-state index in [1.165, 1.54) is 48.5 Å². The second-order valence-corrected chi connectivity index (χ2v) is 16.1. The lowest BCUT2D eigenvalue weighted by molar-refractivity contribution is -0.127. The van der Waals surface area contributed by atoms with Gasteiger partial charge in [-0.3, -0.25) is 28.8 Å². The molecule has 2 atom stereocenters. The summed E-state index contributed by atoms with van der Waals surface area (Å²) >= 11 is 37.4. The van der Waals surface area contributed by atoms with Gasteiger partial charge in [-0.25, -0.2) is 0 Å².